The zero-order valence-electron chi connectivity index (χ0n) is 10.6. The van der Waals surface area contributed by atoms with Crippen LogP contribution in [-0.2, 0) is 14.4 Å². The first-order chi connectivity index (χ1) is 8.88. The molecule has 0 radical (unpaired) electrons. The van der Waals surface area contributed by atoms with Gasteiger partial charge in [-0.15, -0.1) is 0 Å². The molecular weight excluding hydrogens is 254 g/mol. The summed E-state index contributed by atoms with van der Waals surface area (Å²) in [4.78, 5) is 45.9. The molecule has 1 rings (SSSR count). The maximum atomic E-state index is 11.7. The molecule has 1 heterocycles. The van der Waals surface area contributed by atoms with Gasteiger partial charge in [-0.3, -0.25) is 19.7 Å². The van der Waals surface area contributed by atoms with E-state index in [4.69, 9.17) is 5.11 Å². The van der Waals surface area contributed by atoms with Crippen molar-refractivity contribution in [2.75, 3.05) is 19.6 Å². The van der Waals surface area contributed by atoms with Gasteiger partial charge in [0, 0.05) is 25.9 Å². The molecule has 0 aromatic heterocycles. The lowest BCUT2D eigenvalue weighted by molar-refractivity contribution is -0.138. The lowest BCUT2D eigenvalue weighted by Gasteiger charge is -2.26. The number of carboxylic acid groups (broad SMARTS) is 1. The minimum Gasteiger partial charge on any atom is -0.481 e. The molecule has 1 saturated heterocycles. The highest BCUT2D eigenvalue weighted by atomic mass is 16.4. The van der Waals surface area contributed by atoms with Crippen LogP contribution in [0.2, 0.25) is 0 Å². The summed E-state index contributed by atoms with van der Waals surface area (Å²) in [7, 11) is 0. The fourth-order valence-electron chi connectivity index (χ4n) is 1.75. The second-order valence-electron chi connectivity index (χ2n) is 4.53. The standard InChI is InChI=1S/C11H17N3O5/c1-7(5-10(17)18)4-8(15)13-11(19)14-3-2-12-9(16)6-14/h7H,2-6H2,1H3,(H,12,16)(H,17,18)(H,13,15,19). The van der Waals surface area contributed by atoms with E-state index in [9.17, 15) is 19.2 Å². The molecule has 0 aromatic rings. The molecule has 8 nitrogen and oxygen atoms in total. The maximum Gasteiger partial charge on any atom is 0.324 e. The van der Waals surface area contributed by atoms with Gasteiger partial charge in [0.1, 0.15) is 6.54 Å². The Kier molecular flexibility index (Phi) is 5.28. The second kappa shape index (κ2) is 6.72. The highest BCUT2D eigenvalue weighted by molar-refractivity contribution is 5.96. The Balaban J connectivity index is 2.37. The summed E-state index contributed by atoms with van der Waals surface area (Å²) in [5.74, 6) is -2.15. The number of piperazine rings is 1. The molecule has 3 N–H and O–H groups in total. The Bertz CT molecular complexity index is 396. The van der Waals surface area contributed by atoms with E-state index in [1.807, 2.05) is 0 Å². The summed E-state index contributed by atoms with van der Waals surface area (Å²) in [5, 5.41) is 13.3. The minimum atomic E-state index is -0.987. The number of hydrogen-bond donors (Lipinski definition) is 3. The SMILES string of the molecule is CC(CC(=O)O)CC(=O)NC(=O)N1CCNC(=O)C1. The number of nitrogens with zero attached hydrogens (tertiary/aromatic N) is 1. The van der Waals surface area contributed by atoms with Crippen LogP contribution in [0.15, 0.2) is 0 Å². The number of rotatable bonds is 4. The van der Waals surface area contributed by atoms with E-state index in [0.717, 1.165) is 0 Å². The largest absolute Gasteiger partial charge is 0.481 e. The quantitative estimate of drug-likeness (QED) is 0.616. The van der Waals surface area contributed by atoms with Crippen molar-refractivity contribution in [3.63, 3.8) is 0 Å². The van der Waals surface area contributed by atoms with Crippen molar-refractivity contribution in [2.45, 2.75) is 19.8 Å². The number of hydrogen-bond acceptors (Lipinski definition) is 4. The third kappa shape index (κ3) is 5.36. The van der Waals surface area contributed by atoms with Crippen LogP contribution >= 0.6 is 0 Å². The van der Waals surface area contributed by atoms with E-state index >= 15 is 0 Å². The lowest BCUT2D eigenvalue weighted by Crippen LogP contribution is -2.53. The van der Waals surface area contributed by atoms with Crippen molar-refractivity contribution in [2.24, 2.45) is 5.92 Å². The fraction of sp³-hybridized carbons (Fsp3) is 0.636. The van der Waals surface area contributed by atoms with E-state index in [1.54, 1.807) is 6.92 Å². The molecule has 1 unspecified atom stereocenters. The van der Waals surface area contributed by atoms with Crippen LogP contribution in [0.1, 0.15) is 19.8 Å². The van der Waals surface area contributed by atoms with Gasteiger partial charge in [0.25, 0.3) is 0 Å². The van der Waals surface area contributed by atoms with Gasteiger partial charge in [0.2, 0.25) is 11.8 Å². The van der Waals surface area contributed by atoms with Crippen molar-refractivity contribution in [3.05, 3.63) is 0 Å². The Labute approximate surface area is 110 Å². The molecule has 1 aliphatic heterocycles. The molecule has 0 bridgehead atoms. The molecule has 8 heteroatoms. The van der Waals surface area contributed by atoms with Crippen molar-refractivity contribution in [1.82, 2.24) is 15.5 Å². The van der Waals surface area contributed by atoms with Gasteiger partial charge < -0.3 is 15.3 Å². The van der Waals surface area contributed by atoms with Crippen LogP contribution in [0.25, 0.3) is 0 Å². The van der Waals surface area contributed by atoms with Gasteiger partial charge in [0.05, 0.1) is 0 Å². The summed E-state index contributed by atoms with van der Waals surface area (Å²) in [6, 6.07) is -0.623. The predicted molar refractivity (Wildman–Crippen MR) is 64.2 cm³/mol. The van der Waals surface area contributed by atoms with E-state index in [0.29, 0.717) is 13.1 Å². The van der Waals surface area contributed by atoms with E-state index in [-0.39, 0.29) is 31.2 Å². The number of carbonyl (C=O) groups excluding carboxylic acids is 3. The molecule has 0 saturated carbocycles. The van der Waals surface area contributed by atoms with Crippen LogP contribution in [0.3, 0.4) is 0 Å². The Morgan fingerprint density at radius 2 is 2.11 bits per heavy atom. The first kappa shape index (κ1) is 14.9. The second-order valence-corrected chi connectivity index (χ2v) is 4.53. The van der Waals surface area contributed by atoms with Crippen LogP contribution in [-0.4, -0.2) is 53.5 Å². The molecule has 4 amide bonds. The summed E-state index contributed by atoms with van der Waals surface area (Å²) >= 11 is 0. The monoisotopic (exact) mass is 271 g/mol. The smallest absolute Gasteiger partial charge is 0.324 e. The van der Waals surface area contributed by atoms with Gasteiger partial charge in [-0.25, -0.2) is 4.79 Å². The molecule has 0 spiro atoms. The average molecular weight is 271 g/mol. The van der Waals surface area contributed by atoms with E-state index < -0.39 is 17.9 Å². The Morgan fingerprint density at radius 3 is 2.68 bits per heavy atom. The number of nitrogens with one attached hydrogen (secondary N) is 2. The summed E-state index contributed by atoms with van der Waals surface area (Å²) in [6.07, 6.45) is -0.175. The van der Waals surface area contributed by atoms with Crippen LogP contribution in [0, 0.1) is 5.92 Å². The van der Waals surface area contributed by atoms with Crippen molar-refractivity contribution in [3.8, 4) is 0 Å². The van der Waals surface area contributed by atoms with Crippen LogP contribution < -0.4 is 10.6 Å². The van der Waals surface area contributed by atoms with E-state index in [2.05, 4.69) is 10.6 Å². The zero-order chi connectivity index (χ0) is 14.4. The first-order valence-corrected chi connectivity index (χ1v) is 5.95. The number of carbonyl (C=O) groups is 4. The molecule has 106 valence electrons. The topological polar surface area (TPSA) is 116 Å². The van der Waals surface area contributed by atoms with Gasteiger partial charge >= 0.3 is 12.0 Å². The zero-order valence-corrected chi connectivity index (χ0v) is 10.6. The van der Waals surface area contributed by atoms with E-state index in [1.165, 1.54) is 4.90 Å². The van der Waals surface area contributed by atoms with Crippen molar-refractivity contribution in [1.29, 1.82) is 0 Å². The van der Waals surface area contributed by atoms with Gasteiger partial charge in [-0.2, -0.15) is 0 Å². The van der Waals surface area contributed by atoms with Crippen molar-refractivity contribution < 1.29 is 24.3 Å². The average Bonchev–Trinajstić information content (AvgIpc) is 2.27. The molecule has 1 fully saturated rings. The first-order valence-electron chi connectivity index (χ1n) is 5.95. The number of amides is 4. The number of aliphatic carboxylic acids is 1. The number of urea groups is 1. The summed E-state index contributed by atoms with van der Waals surface area (Å²) < 4.78 is 0. The molecular formula is C11H17N3O5. The number of carboxylic acids is 1. The van der Waals surface area contributed by atoms with Crippen molar-refractivity contribution >= 4 is 23.8 Å². The third-order valence-electron chi connectivity index (χ3n) is 2.63. The molecule has 19 heavy (non-hydrogen) atoms. The lowest BCUT2D eigenvalue weighted by atomic mass is 10.0. The molecule has 1 atom stereocenters. The maximum absolute atomic E-state index is 11.7. The van der Waals surface area contributed by atoms with Crippen LogP contribution in [0.4, 0.5) is 4.79 Å². The molecule has 1 aliphatic rings. The fourth-order valence-corrected chi connectivity index (χ4v) is 1.75. The highest BCUT2D eigenvalue weighted by Gasteiger charge is 2.23. The molecule has 0 aliphatic carbocycles. The highest BCUT2D eigenvalue weighted by Crippen LogP contribution is 2.07. The predicted octanol–water partition coefficient (Wildman–Crippen LogP) is -0.845. The Hall–Kier alpha value is -2.12. The number of imide groups is 1. The van der Waals surface area contributed by atoms with Gasteiger partial charge in [0.15, 0.2) is 0 Å². The normalized spacial score (nSPS) is 16.5. The Morgan fingerprint density at radius 1 is 1.42 bits per heavy atom. The minimum absolute atomic E-state index is 0.0436. The van der Waals surface area contributed by atoms with Crippen LogP contribution in [0.5, 0.6) is 0 Å². The van der Waals surface area contributed by atoms with Gasteiger partial charge in [-0.05, 0) is 5.92 Å². The van der Waals surface area contributed by atoms with Gasteiger partial charge in [-0.1, -0.05) is 6.92 Å². The third-order valence-corrected chi connectivity index (χ3v) is 2.63. The molecule has 0 aromatic carbocycles. The summed E-state index contributed by atoms with van der Waals surface area (Å²) in [6.45, 7) is 2.24. The summed E-state index contributed by atoms with van der Waals surface area (Å²) in [5.41, 5.74) is 0.